The van der Waals surface area contributed by atoms with E-state index >= 15 is 0 Å². The second-order valence-corrected chi connectivity index (χ2v) is 5.76. The number of hydrogen-bond donors (Lipinski definition) is 0. The van der Waals surface area contributed by atoms with Crippen LogP contribution in [0.25, 0.3) is 0 Å². The Kier molecular flexibility index (Phi) is 6.01. The highest BCUT2D eigenvalue weighted by atomic mass is 79.9. The van der Waals surface area contributed by atoms with E-state index in [-0.39, 0.29) is 18.6 Å². The van der Waals surface area contributed by atoms with Gasteiger partial charge in [-0.3, -0.25) is 4.79 Å². The lowest BCUT2D eigenvalue weighted by atomic mass is 10.0. The van der Waals surface area contributed by atoms with Gasteiger partial charge in [-0.05, 0) is 30.5 Å². The van der Waals surface area contributed by atoms with Crippen molar-refractivity contribution in [2.24, 2.45) is 0 Å². The summed E-state index contributed by atoms with van der Waals surface area (Å²) < 4.78 is 11.3. The van der Waals surface area contributed by atoms with Crippen LogP contribution in [0.2, 0.25) is 0 Å². The van der Waals surface area contributed by atoms with E-state index in [1.807, 2.05) is 17.0 Å². The fourth-order valence-electron chi connectivity index (χ4n) is 2.48. The predicted octanol–water partition coefficient (Wildman–Crippen LogP) is 2.78. The maximum atomic E-state index is 12.2. The molecule has 0 aromatic heterocycles. The number of likely N-dealkylation sites (tertiary alicyclic amines) is 1. The van der Waals surface area contributed by atoms with Crippen LogP contribution < -0.4 is 0 Å². The Bertz CT molecular complexity index is 435. The summed E-state index contributed by atoms with van der Waals surface area (Å²) in [5.74, 6) is 0.0616. The fourth-order valence-corrected chi connectivity index (χ4v) is 2.75. The summed E-state index contributed by atoms with van der Waals surface area (Å²) in [6.45, 7) is 1.92. The summed E-state index contributed by atoms with van der Waals surface area (Å²) in [4.78, 5) is 14.1. The van der Waals surface area contributed by atoms with Crippen molar-refractivity contribution >= 4 is 21.8 Å². The van der Waals surface area contributed by atoms with Gasteiger partial charge in [0.15, 0.2) is 0 Å². The van der Waals surface area contributed by atoms with E-state index in [0.29, 0.717) is 13.2 Å². The molecule has 0 radical (unpaired) electrons. The molecule has 0 aliphatic carbocycles. The van der Waals surface area contributed by atoms with Gasteiger partial charge in [-0.15, -0.1) is 0 Å². The Morgan fingerprint density at radius 2 is 2.10 bits per heavy atom. The van der Waals surface area contributed by atoms with Crippen LogP contribution in [0.15, 0.2) is 28.7 Å². The standard InChI is InChI=1S/C15H20BrNO3/c1-19-9-10-20-11-15(18)17-8-2-3-14(17)12-4-6-13(16)7-5-12/h4-7,14H,2-3,8-11H2,1H3. The lowest BCUT2D eigenvalue weighted by molar-refractivity contribution is -0.137. The molecule has 0 bridgehead atoms. The van der Waals surface area contributed by atoms with Crippen LogP contribution in [0.4, 0.5) is 0 Å². The highest BCUT2D eigenvalue weighted by molar-refractivity contribution is 9.10. The zero-order valence-electron chi connectivity index (χ0n) is 11.7. The van der Waals surface area contributed by atoms with Gasteiger partial charge in [0.1, 0.15) is 6.61 Å². The number of hydrogen-bond acceptors (Lipinski definition) is 3. The summed E-state index contributed by atoms with van der Waals surface area (Å²) in [6.07, 6.45) is 2.07. The molecule has 4 nitrogen and oxygen atoms in total. The maximum Gasteiger partial charge on any atom is 0.249 e. The van der Waals surface area contributed by atoms with Crippen molar-refractivity contribution < 1.29 is 14.3 Å². The van der Waals surface area contributed by atoms with Gasteiger partial charge in [-0.2, -0.15) is 0 Å². The Morgan fingerprint density at radius 3 is 2.80 bits per heavy atom. The van der Waals surface area contributed by atoms with Crippen molar-refractivity contribution in [1.82, 2.24) is 4.90 Å². The van der Waals surface area contributed by atoms with E-state index in [4.69, 9.17) is 9.47 Å². The second-order valence-electron chi connectivity index (χ2n) is 4.84. The average Bonchev–Trinajstić information content (AvgIpc) is 2.93. The molecular weight excluding hydrogens is 322 g/mol. The van der Waals surface area contributed by atoms with E-state index in [2.05, 4.69) is 28.1 Å². The molecular formula is C15H20BrNO3. The van der Waals surface area contributed by atoms with Crippen LogP contribution in [0.1, 0.15) is 24.4 Å². The van der Waals surface area contributed by atoms with Crippen LogP contribution in [-0.2, 0) is 14.3 Å². The third-order valence-corrected chi connectivity index (χ3v) is 4.01. The van der Waals surface area contributed by atoms with Gasteiger partial charge in [-0.25, -0.2) is 0 Å². The average molecular weight is 342 g/mol. The first-order valence-corrected chi connectivity index (χ1v) is 7.63. The molecule has 1 fully saturated rings. The number of rotatable bonds is 6. The minimum atomic E-state index is 0.0616. The monoisotopic (exact) mass is 341 g/mol. The fraction of sp³-hybridized carbons (Fsp3) is 0.533. The van der Waals surface area contributed by atoms with E-state index in [9.17, 15) is 4.79 Å². The SMILES string of the molecule is COCCOCC(=O)N1CCCC1c1ccc(Br)cc1. The van der Waals surface area contributed by atoms with Gasteiger partial charge in [0.05, 0.1) is 19.3 Å². The first kappa shape index (κ1) is 15.5. The molecule has 5 heteroatoms. The van der Waals surface area contributed by atoms with Crippen molar-refractivity contribution in [3.63, 3.8) is 0 Å². The smallest absolute Gasteiger partial charge is 0.249 e. The molecule has 0 spiro atoms. The molecule has 1 atom stereocenters. The quantitative estimate of drug-likeness (QED) is 0.747. The Balaban J connectivity index is 1.93. The van der Waals surface area contributed by atoms with E-state index in [1.54, 1.807) is 7.11 Å². The third kappa shape index (κ3) is 4.04. The zero-order chi connectivity index (χ0) is 14.4. The lowest BCUT2D eigenvalue weighted by Gasteiger charge is -2.25. The summed E-state index contributed by atoms with van der Waals surface area (Å²) in [6, 6.07) is 8.37. The first-order chi connectivity index (χ1) is 9.72. The van der Waals surface area contributed by atoms with Crippen LogP contribution >= 0.6 is 15.9 Å². The molecule has 110 valence electrons. The number of halogens is 1. The second kappa shape index (κ2) is 7.76. The molecule has 1 unspecified atom stereocenters. The highest BCUT2D eigenvalue weighted by Gasteiger charge is 2.29. The van der Waals surface area contributed by atoms with Crippen molar-refractivity contribution in [1.29, 1.82) is 0 Å². The summed E-state index contributed by atoms with van der Waals surface area (Å²) in [5, 5.41) is 0. The molecule has 1 aromatic carbocycles. The largest absolute Gasteiger partial charge is 0.382 e. The van der Waals surface area contributed by atoms with Gasteiger partial charge < -0.3 is 14.4 Å². The molecule has 2 rings (SSSR count). The third-order valence-electron chi connectivity index (χ3n) is 3.49. The zero-order valence-corrected chi connectivity index (χ0v) is 13.3. The van der Waals surface area contributed by atoms with E-state index in [1.165, 1.54) is 5.56 Å². The molecule has 1 saturated heterocycles. The molecule has 0 N–H and O–H groups in total. The molecule has 1 amide bonds. The molecule has 0 saturated carbocycles. The number of amides is 1. The maximum absolute atomic E-state index is 12.2. The Morgan fingerprint density at radius 1 is 1.35 bits per heavy atom. The molecule has 20 heavy (non-hydrogen) atoms. The highest BCUT2D eigenvalue weighted by Crippen LogP contribution is 2.32. The van der Waals surface area contributed by atoms with Crippen molar-refractivity contribution in [3.05, 3.63) is 34.3 Å². The van der Waals surface area contributed by atoms with Gasteiger partial charge in [-0.1, -0.05) is 28.1 Å². The van der Waals surface area contributed by atoms with Crippen LogP contribution in [-0.4, -0.2) is 44.3 Å². The minimum absolute atomic E-state index is 0.0616. The normalized spacial score (nSPS) is 18.5. The summed E-state index contributed by atoms with van der Waals surface area (Å²) >= 11 is 3.43. The predicted molar refractivity (Wildman–Crippen MR) is 80.5 cm³/mol. The molecule has 1 heterocycles. The number of methoxy groups -OCH3 is 1. The number of benzene rings is 1. The van der Waals surface area contributed by atoms with Gasteiger partial charge >= 0.3 is 0 Å². The van der Waals surface area contributed by atoms with Crippen molar-refractivity contribution in [2.75, 3.05) is 33.5 Å². The van der Waals surface area contributed by atoms with Crippen LogP contribution in [0, 0.1) is 0 Å². The molecule has 1 aliphatic heterocycles. The number of carbonyl (C=O) groups is 1. The van der Waals surface area contributed by atoms with Gasteiger partial charge in [0.25, 0.3) is 0 Å². The van der Waals surface area contributed by atoms with Gasteiger partial charge in [0, 0.05) is 18.1 Å². The van der Waals surface area contributed by atoms with E-state index < -0.39 is 0 Å². The molecule has 1 aliphatic rings. The number of nitrogens with zero attached hydrogens (tertiary/aromatic N) is 1. The topological polar surface area (TPSA) is 38.8 Å². The Hall–Kier alpha value is -0.910. The lowest BCUT2D eigenvalue weighted by Crippen LogP contribution is -2.33. The van der Waals surface area contributed by atoms with Crippen LogP contribution in [0.3, 0.4) is 0 Å². The van der Waals surface area contributed by atoms with Crippen molar-refractivity contribution in [3.8, 4) is 0 Å². The van der Waals surface area contributed by atoms with Crippen LogP contribution in [0.5, 0.6) is 0 Å². The Labute approximate surface area is 128 Å². The summed E-state index contributed by atoms with van der Waals surface area (Å²) in [5.41, 5.74) is 1.19. The number of carbonyl (C=O) groups excluding carboxylic acids is 1. The minimum Gasteiger partial charge on any atom is -0.382 e. The number of ether oxygens (including phenoxy) is 2. The first-order valence-electron chi connectivity index (χ1n) is 6.84. The summed E-state index contributed by atoms with van der Waals surface area (Å²) in [7, 11) is 1.62. The van der Waals surface area contributed by atoms with E-state index in [0.717, 1.165) is 23.9 Å². The molecule has 1 aromatic rings. The van der Waals surface area contributed by atoms with Gasteiger partial charge in [0.2, 0.25) is 5.91 Å². The van der Waals surface area contributed by atoms with Crippen molar-refractivity contribution in [2.45, 2.75) is 18.9 Å².